The van der Waals surface area contributed by atoms with E-state index >= 15 is 0 Å². The van der Waals surface area contributed by atoms with Gasteiger partial charge in [-0.1, -0.05) is 0 Å². The summed E-state index contributed by atoms with van der Waals surface area (Å²) in [6.07, 6.45) is 3.12. The lowest BCUT2D eigenvalue weighted by Crippen LogP contribution is -2.36. The second-order valence-corrected chi connectivity index (χ2v) is 6.97. The first-order valence-corrected chi connectivity index (χ1v) is 8.43. The van der Waals surface area contributed by atoms with E-state index in [0.717, 1.165) is 29.5 Å². The van der Waals surface area contributed by atoms with Crippen LogP contribution in [0.15, 0.2) is 4.79 Å². The third kappa shape index (κ3) is 2.28. The number of fused-ring (bicyclic) bond motifs is 3. The van der Waals surface area contributed by atoms with Crippen molar-refractivity contribution in [3.05, 3.63) is 25.6 Å². The molecule has 112 valence electrons. The van der Waals surface area contributed by atoms with Crippen molar-refractivity contribution in [3.63, 3.8) is 0 Å². The molecule has 1 aliphatic carbocycles. The molecule has 1 N–H and O–H groups in total. The second kappa shape index (κ2) is 5.31. The SMILES string of the molecule is O=c1c2c3c(sc2[nH]c(=S)n1CC1COCCO1)CCC3. The molecule has 0 spiro atoms. The number of nitrogens with zero attached hydrogens (tertiary/aromatic N) is 1. The Morgan fingerprint density at radius 1 is 1.38 bits per heavy atom. The molecule has 2 aromatic heterocycles. The molecule has 0 amide bonds. The molecule has 7 heteroatoms. The van der Waals surface area contributed by atoms with Gasteiger partial charge in [-0.3, -0.25) is 9.36 Å². The fourth-order valence-electron chi connectivity index (χ4n) is 3.12. The number of aryl methyl sites for hydroxylation is 2. The molecule has 1 aliphatic heterocycles. The van der Waals surface area contributed by atoms with Gasteiger partial charge >= 0.3 is 0 Å². The lowest BCUT2D eigenvalue weighted by Gasteiger charge is -2.23. The Morgan fingerprint density at radius 3 is 3.10 bits per heavy atom. The summed E-state index contributed by atoms with van der Waals surface area (Å²) in [4.78, 5) is 18.3. The molecular weight excluding hydrogens is 308 g/mol. The van der Waals surface area contributed by atoms with Gasteiger partial charge in [-0.25, -0.2) is 0 Å². The van der Waals surface area contributed by atoms with Crippen LogP contribution in [0.4, 0.5) is 0 Å². The highest BCUT2D eigenvalue weighted by molar-refractivity contribution is 7.71. The number of hydrogen-bond donors (Lipinski definition) is 1. The van der Waals surface area contributed by atoms with Crippen molar-refractivity contribution in [1.29, 1.82) is 0 Å². The minimum absolute atomic E-state index is 0.0160. The van der Waals surface area contributed by atoms with Crippen LogP contribution in [0.25, 0.3) is 10.2 Å². The molecule has 0 radical (unpaired) electrons. The average molecular weight is 324 g/mol. The van der Waals surface area contributed by atoms with Crippen LogP contribution >= 0.6 is 23.6 Å². The maximum absolute atomic E-state index is 12.8. The van der Waals surface area contributed by atoms with Crippen LogP contribution in [0.3, 0.4) is 0 Å². The highest BCUT2D eigenvalue weighted by Crippen LogP contribution is 2.34. The summed E-state index contributed by atoms with van der Waals surface area (Å²) in [6, 6.07) is 0. The summed E-state index contributed by atoms with van der Waals surface area (Å²) in [6.45, 7) is 2.16. The lowest BCUT2D eigenvalue weighted by molar-refractivity contribution is -0.0940. The molecule has 1 saturated heterocycles. The average Bonchev–Trinajstić information content (AvgIpc) is 3.04. The molecule has 0 aromatic carbocycles. The smallest absolute Gasteiger partial charge is 0.263 e. The zero-order valence-corrected chi connectivity index (χ0v) is 13.1. The molecule has 2 aromatic rings. The monoisotopic (exact) mass is 324 g/mol. The minimum atomic E-state index is -0.101. The zero-order chi connectivity index (χ0) is 14.4. The number of aromatic nitrogens is 2. The number of nitrogens with one attached hydrogen (secondary N) is 1. The third-order valence-corrected chi connectivity index (χ3v) is 5.65. The summed E-state index contributed by atoms with van der Waals surface area (Å²) in [5.41, 5.74) is 1.24. The van der Waals surface area contributed by atoms with Gasteiger partial charge in [0.05, 0.1) is 37.9 Å². The third-order valence-electron chi connectivity index (χ3n) is 4.12. The maximum Gasteiger partial charge on any atom is 0.263 e. The fourth-order valence-corrected chi connectivity index (χ4v) is 4.73. The summed E-state index contributed by atoms with van der Waals surface area (Å²) in [5, 5.41) is 0.831. The van der Waals surface area contributed by atoms with Crippen molar-refractivity contribution in [1.82, 2.24) is 9.55 Å². The Hall–Kier alpha value is -1.02. The van der Waals surface area contributed by atoms with E-state index < -0.39 is 0 Å². The van der Waals surface area contributed by atoms with Crippen molar-refractivity contribution in [2.24, 2.45) is 0 Å². The fraction of sp³-hybridized carbons (Fsp3) is 0.571. The minimum Gasteiger partial charge on any atom is -0.376 e. The largest absolute Gasteiger partial charge is 0.376 e. The van der Waals surface area contributed by atoms with Crippen molar-refractivity contribution >= 4 is 33.8 Å². The van der Waals surface area contributed by atoms with Gasteiger partial charge in [0.25, 0.3) is 5.56 Å². The van der Waals surface area contributed by atoms with Gasteiger partial charge in [0.1, 0.15) is 4.83 Å². The summed E-state index contributed by atoms with van der Waals surface area (Å²) < 4.78 is 13.1. The van der Waals surface area contributed by atoms with Gasteiger partial charge in [0.2, 0.25) is 0 Å². The Morgan fingerprint density at radius 2 is 2.29 bits per heavy atom. The zero-order valence-electron chi connectivity index (χ0n) is 11.5. The van der Waals surface area contributed by atoms with Gasteiger partial charge in [0, 0.05) is 4.88 Å². The van der Waals surface area contributed by atoms with Crippen LogP contribution in [-0.2, 0) is 28.9 Å². The predicted molar refractivity (Wildman–Crippen MR) is 83.9 cm³/mol. The van der Waals surface area contributed by atoms with Crippen molar-refractivity contribution in [2.75, 3.05) is 19.8 Å². The van der Waals surface area contributed by atoms with Crippen LogP contribution in [0.2, 0.25) is 0 Å². The van der Waals surface area contributed by atoms with E-state index in [9.17, 15) is 4.79 Å². The van der Waals surface area contributed by atoms with E-state index in [1.165, 1.54) is 10.4 Å². The Labute approximate surface area is 130 Å². The number of hydrogen-bond acceptors (Lipinski definition) is 5. The molecule has 3 heterocycles. The molecule has 0 saturated carbocycles. The number of aromatic amines is 1. The molecule has 0 bridgehead atoms. The Bertz CT molecular complexity index is 799. The van der Waals surface area contributed by atoms with Crippen LogP contribution in [-0.4, -0.2) is 35.5 Å². The molecule has 1 unspecified atom stereocenters. The number of ether oxygens (including phenoxy) is 2. The van der Waals surface area contributed by atoms with Gasteiger partial charge in [-0.15, -0.1) is 11.3 Å². The van der Waals surface area contributed by atoms with Gasteiger partial charge in [-0.2, -0.15) is 0 Å². The van der Waals surface area contributed by atoms with Gasteiger partial charge in [-0.05, 0) is 37.0 Å². The van der Waals surface area contributed by atoms with Crippen molar-refractivity contribution in [3.8, 4) is 0 Å². The lowest BCUT2D eigenvalue weighted by atomic mass is 10.2. The molecule has 4 rings (SSSR count). The quantitative estimate of drug-likeness (QED) is 0.859. The highest BCUT2D eigenvalue weighted by atomic mass is 32.1. The van der Waals surface area contributed by atoms with Gasteiger partial charge in [0.15, 0.2) is 4.77 Å². The van der Waals surface area contributed by atoms with Crippen molar-refractivity contribution in [2.45, 2.75) is 31.9 Å². The van der Waals surface area contributed by atoms with Gasteiger partial charge < -0.3 is 14.5 Å². The molecule has 1 atom stereocenters. The van der Waals surface area contributed by atoms with E-state index in [-0.39, 0.29) is 11.7 Å². The van der Waals surface area contributed by atoms with Crippen LogP contribution < -0.4 is 5.56 Å². The first kappa shape index (κ1) is 13.6. The van der Waals surface area contributed by atoms with Crippen LogP contribution in [0.5, 0.6) is 0 Å². The summed E-state index contributed by atoms with van der Waals surface area (Å²) in [7, 11) is 0. The molecular formula is C14H16N2O3S2. The van der Waals surface area contributed by atoms with E-state index in [1.54, 1.807) is 15.9 Å². The Kier molecular flexibility index (Phi) is 3.45. The highest BCUT2D eigenvalue weighted by Gasteiger charge is 2.23. The molecule has 21 heavy (non-hydrogen) atoms. The first-order valence-electron chi connectivity index (χ1n) is 7.21. The maximum atomic E-state index is 12.8. The number of rotatable bonds is 2. The normalized spacial score (nSPS) is 21.8. The molecule has 5 nitrogen and oxygen atoms in total. The van der Waals surface area contributed by atoms with E-state index in [4.69, 9.17) is 21.7 Å². The second-order valence-electron chi connectivity index (χ2n) is 5.48. The Balaban J connectivity index is 1.81. The standard InChI is InChI=1S/C14H16N2O3S2/c17-13-11-9-2-1-3-10(9)21-12(11)15-14(20)16(13)6-8-7-18-4-5-19-8/h8H,1-7H2,(H,15,20). The van der Waals surface area contributed by atoms with E-state index in [2.05, 4.69) is 4.98 Å². The summed E-state index contributed by atoms with van der Waals surface area (Å²) in [5.74, 6) is 0. The van der Waals surface area contributed by atoms with Crippen LogP contribution in [0, 0.1) is 4.77 Å². The summed E-state index contributed by atoms with van der Waals surface area (Å²) >= 11 is 7.04. The molecule has 2 aliphatic rings. The number of H-pyrrole nitrogens is 1. The van der Waals surface area contributed by atoms with Crippen LogP contribution in [0.1, 0.15) is 16.9 Å². The topological polar surface area (TPSA) is 56.2 Å². The number of thiophene rings is 1. The van der Waals surface area contributed by atoms with E-state index in [0.29, 0.717) is 31.1 Å². The van der Waals surface area contributed by atoms with E-state index in [1.807, 2.05) is 0 Å². The first-order chi connectivity index (χ1) is 10.2. The predicted octanol–water partition coefficient (Wildman–Crippen LogP) is 2.02. The van der Waals surface area contributed by atoms with Crippen molar-refractivity contribution < 1.29 is 9.47 Å². The molecule has 1 fully saturated rings.